The average molecular weight is 823 g/mol. The molecule has 2 aromatic carbocycles. The van der Waals surface area contributed by atoms with Crippen LogP contribution in [0.4, 0.5) is 9.59 Å². The van der Waals surface area contributed by atoms with Gasteiger partial charge in [-0.1, -0.05) is 89.1 Å². The molecule has 6 atom stereocenters. The normalized spacial score (nSPS) is 18.8. The molecule has 2 saturated heterocycles. The van der Waals surface area contributed by atoms with Gasteiger partial charge in [0.05, 0.1) is 35.9 Å². The molecule has 3 N–H and O–H groups in total. The molecule has 4 heterocycles. The Kier molecular flexibility index (Phi) is 13.4. The van der Waals surface area contributed by atoms with Gasteiger partial charge in [-0.2, -0.15) is 0 Å². The first kappa shape index (κ1) is 43.9. The van der Waals surface area contributed by atoms with Crippen molar-refractivity contribution in [2.75, 3.05) is 27.2 Å². The fourth-order valence-corrected chi connectivity index (χ4v) is 8.55. The van der Waals surface area contributed by atoms with E-state index < -0.39 is 29.9 Å². The number of carboxylic acid groups (broad SMARTS) is 1. The second-order valence-electron chi connectivity index (χ2n) is 17.5. The SMILES string of the molecule is CCC(C)[C@@H](C(=O)N1CCC[C@H]1c1ncc(-c2ccc(-c3ccc(-c4cnc([C@@H]5CCCN5C(=O)[C@H](C(C)CC)N(C)C(=O)OC(C)(C)C)[nH]4)cc3)cc2)[nH]1)N(C)C(=O)O. The lowest BCUT2D eigenvalue weighted by Crippen LogP contribution is -2.53. The maximum atomic E-state index is 14.2. The summed E-state index contributed by atoms with van der Waals surface area (Å²) in [5, 5.41) is 9.69. The maximum Gasteiger partial charge on any atom is 0.410 e. The maximum absolute atomic E-state index is 14.2. The minimum Gasteiger partial charge on any atom is -0.465 e. The van der Waals surface area contributed by atoms with E-state index in [-0.39, 0.29) is 35.7 Å². The molecule has 14 nitrogen and oxygen atoms in total. The monoisotopic (exact) mass is 822 g/mol. The number of hydrogen-bond donors (Lipinski definition) is 3. The smallest absolute Gasteiger partial charge is 0.410 e. The van der Waals surface area contributed by atoms with Crippen molar-refractivity contribution in [3.63, 3.8) is 0 Å². The van der Waals surface area contributed by atoms with Gasteiger partial charge < -0.3 is 29.6 Å². The number of hydrogen-bond acceptors (Lipinski definition) is 7. The van der Waals surface area contributed by atoms with E-state index >= 15 is 0 Å². The van der Waals surface area contributed by atoms with E-state index in [1.165, 1.54) is 11.9 Å². The Bertz CT molecular complexity index is 2120. The number of ether oxygens (including phenoxy) is 1. The third-order valence-electron chi connectivity index (χ3n) is 12.3. The number of likely N-dealkylation sites (tertiary alicyclic amines) is 2. The molecule has 2 fully saturated rings. The van der Waals surface area contributed by atoms with E-state index in [1.807, 2.05) is 71.7 Å². The molecule has 4 amide bonds. The largest absolute Gasteiger partial charge is 0.465 e. The Morgan fingerprint density at radius 1 is 0.717 bits per heavy atom. The molecule has 60 heavy (non-hydrogen) atoms. The number of likely N-dealkylation sites (N-methyl/N-ethyl adjacent to an activating group) is 2. The fourth-order valence-electron chi connectivity index (χ4n) is 8.55. The number of nitrogens with one attached hydrogen (secondary N) is 2. The summed E-state index contributed by atoms with van der Waals surface area (Å²) in [4.78, 5) is 75.5. The third kappa shape index (κ3) is 9.37. The predicted octanol–water partition coefficient (Wildman–Crippen LogP) is 8.77. The highest BCUT2D eigenvalue weighted by atomic mass is 16.6. The molecular formula is C46H62N8O6. The molecule has 4 aromatic rings. The van der Waals surface area contributed by atoms with Gasteiger partial charge in [0.25, 0.3) is 0 Å². The first-order valence-corrected chi connectivity index (χ1v) is 21.4. The van der Waals surface area contributed by atoms with Crippen LogP contribution in [-0.4, -0.2) is 114 Å². The van der Waals surface area contributed by atoms with Gasteiger partial charge in [-0.15, -0.1) is 0 Å². The van der Waals surface area contributed by atoms with Crippen molar-refractivity contribution in [2.45, 2.75) is 117 Å². The van der Waals surface area contributed by atoms with Crippen LogP contribution in [0.2, 0.25) is 0 Å². The fraction of sp³-hybridized carbons (Fsp3) is 0.522. The highest BCUT2D eigenvalue weighted by Gasteiger charge is 2.42. The number of rotatable bonds is 13. The Morgan fingerprint density at radius 2 is 1.10 bits per heavy atom. The van der Waals surface area contributed by atoms with Crippen molar-refractivity contribution in [1.29, 1.82) is 0 Å². The van der Waals surface area contributed by atoms with Crippen LogP contribution in [0.15, 0.2) is 60.9 Å². The van der Waals surface area contributed by atoms with Gasteiger partial charge in [0.1, 0.15) is 29.3 Å². The average Bonchev–Trinajstić information content (AvgIpc) is 4.07. The van der Waals surface area contributed by atoms with E-state index in [0.717, 1.165) is 76.5 Å². The Balaban J connectivity index is 1.12. The second kappa shape index (κ2) is 18.3. The number of aromatic amines is 2. The lowest BCUT2D eigenvalue weighted by molar-refractivity contribution is -0.139. The molecule has 0 aliphatic carbocycles. The molecule has 2 aliphatic heterocycles. The molecular weight excluding hydrogens is 761 g/mol. The first-order valence-electron chi connectivity index (χ1n) is 21.4. The van der Waals surface area contributed by atoms with E-state index in [9.17, 15) is 24.3 Å². The van der Waals surface area contributed by atoms with Crippen LogP contribution < -0.4 is 0 Å². The van der Waals surface area contributed by atoms with Gasteiger partial charge >= 0.3 is 12.2 Å². The number of carbonyl (C=O) groups is 4. The van der Waals surface area contributed by atoms with Crippen LogP contribution in [0.3, 0.4) is 0 Å². The number of imidazole rings is 2. The number of amides is 4. The molecule has 0 spiro atoms. The van der Waals surface area contributed by atoms with Crippen molar-refractivity contribution < 1.29 is 29.0 Å². The van der Waals surface area contributed by atoms with Gasteiger partial charge in [-0.3, -0.25) is 19.4 Å². The van der Waals surface area contributed by atoms with Crippen LogP contribution in [0.1, 0.15) is 111 Å². The number of aromatic nitrogens is 4. The highest BCUT2D eigenvalue weighted by molar-refractivity contribution is 5.87. The standard InChI is InChI=1S/C46H62N8O6/c1-10-28(3)38(51(8)44(57)58)42(55)53-24-12-14-36(53)40-47-26-34(49-40)32-20-16-30(17-21-32)31-18-22-33(23-19-31)35-27-48-41(50-35)37-15-13-25-54(37)43(56)39(29(4)11-2)52(9)45(59)60-46(5,6)7/h16-23,26-29,36-39H,10-15,24-25H2,1-9H3,(H,47,49)(H,48,50)(H,57,58)/t28?,29?,36-,37-,38-,39-/m0/s1. The lowest BCUT2D eigenvalue weighted by Gasteiger charge is -2.36. The number of H-pyrrole nitrogens is 2. The molecule has 322 valence electrons. The molecule has 2 unspecified atom stereocenters. The number of carbonyl (C=O) groups excluding carboxylic acids is 3. The zero-order valence-electron chi connectivity index (χ0n) is 36.6. The van der Waals surface area contributed by atoms with Gasteiger partial charge in [-0.05, 0) is 80.5 Å². The number of nitrogens with zero attached hydrogens (tertiary/aromatic N) is 6. The van der Waals surface area contributed by atoms with Crippen LogP contribution in [0.5, 0.6) is 0 Å². The Morgan fingerprint density at radius 3 is 1.47 bits per heavy atom. The van der Waals surface area contributed by atoms with Crippen molar-refractivity contribution in [3.8, 4) is 33.6 Å². The molecule has 2 aromatic heterocycles. The van der Waals surface area contributed by atoms with E-state index in [0.29, 0.717) is 25.3 Å². The summed E-state index contributed by atoms with van der Waals surface area (Å²) in [6.07, 6.45) is 6.61. The molecule has 14 heteroatoms. The first-order chi connectivity index (χ1) is 28.5. The van der Waals surface area contributed by atoms with Gasteiger partial charge in [0.2, 0.25) is 11.8 Å². The Labute approximate surface area is 353 Å². The summed E-state index contributed by atoms with van der Waals surface area (Å²) in [6, 6.07) is 14.6. The van der Waals surface area contributed by atoms with E-state index in [2.05, 4.69) is 51.4 Å². The van der Waals surface area contributed by atoms with Crippen LogP contribution >= 0.6 is 0 Å². The van der Waals surface area contributed by atoms with Crippen molar-refractivity contribution in [1.82, 2.24) is 39.5 Å². The molecule has 6 rings (SSSR count). The quantitative estimate of drug-likeness (QED) is 0.120. The van der Waals surface area contributed by atoms with Gasteiger partial charge in [0, 0.05) is 27.2 Å². The van der Waals surface area contributed by atoms with E-state index in [1.54, 1.807) is 18.1 Å². The molecule has 2 aliphatic rings. The molecule has 0 bridgehead atoms. The summed E-state index contributed by atoms with van der Waals surface area (Å²) in [7, 11) is 3.12. The highest BCUT2D eigenvalue weighted by Crippen LogP contribution is 2.36. The topological polar surface area (TPSA) is 168 Å². The summed E-state index contributed by atoms with van der Waals surface area (Å²) in [6.45, 7) is 14.5. The third-order valence-corrected chi connectivity index (χ3v) is 12.3. The summed E-state index contributed by atoms with van der Waals surface area (Å²) in [5.41, 5.74) is 5.07. The lowest BCUT2D eigenvalue weighted by atomic mass is 9.96. The van der Waals surface area contributed by atoms with Crippen molar-refractivity contribution in [3.05, 3.63) is 72.6 Å². The summed E-state index contributed by atoms with van der Waals surface area (Å²) >= 11 is 0. The van der Waals surface area contributed by atoms with Crippen molar-refractivity contribution >= 4 is 24.0 Å². The van der Waals surface area contributed by atoms with Crippen LogP contribution in [-0.2, 0) is 14.3 Å². The van der Waals surface area contributed by atoms with Gasteiger partial charge in [-0.25, -0.2) is 19.6 Å². The summed E-state index contributed by atoms with van der Waals surface area (Å²) < 4.78 is 5.63. The zero-order chi connectivity index (χ0) is 43.5. The Hall–Kier alpha value is -5.66. The molecule has 0 radical (unpaired) electrons. The molecule has 0 saturated carbocycles. The predicted molar refractivity (Wildman–Crippen MR) is 231 cm³/mol. The minimum absolute atomic E-state index is 0.0625. The second-order valence-corrected chi connectivity index (χ2v) is 17.5. The van der Waals surface area contributed by atoms with Crippen LogP contribution in [0.25, 0.3) is 33.6 Å². The van der Waals surface area contributed by atoms with Gasteiger partial charge in [0.15, 0.2) is 0 Å². The summed E-state index contributed by atoms with van der Waals surface area (Å²) in [5.74, 6) is 0.976. The van der Waals surface area contributed by atoms with Crippen molar-refractivity contribution in [2.24, 2.45) is 11.8 Å². The number of benzene rings is 2. The minimum atomic E-state index is -1.11. The van der Waals surface area contributed by atoms with E-state index in [4.69, 9.17) is 9.72 Å². The van der Waals surface area contributed by atoms with Crippen LogP contribution in [0, 0.1) is 11.8 Å². The zero-order valence-corrected chi connectivity index (χ0v) is 36.6.